The van der Waals surface area contributed by atoms with Gasteiger partial charge in [-0.05, 0) is 23.4 Å². The van der Waals surface area contributed by atoms with E-state index in [0.717, 1.165) is 18.6 Å². The molecule has 0 saturated heterocycles. The van der Waals surface area contributed by atoms with Crippen molar-refractivity contribution in [3.8, 4) is 6.07 Å². The molecule has 0 aliphatic carbocycles. The van der Waals surface area contributed by atoms with Gasteiger partial charge >= 0.3 is 0 Å². The van der Waals surface area contributed by atoms with Crippen LogP contribution in [0.5, 0.6) is 0 Å². The quantitative estimate of drug-likeness (QED) is 0.692. The average molecular weight is 368 g/mol. The second-order valence-corrected chi connectivity index (χ2v) is 8.82. The van der Waals surface area contributed by atoms with Crippen LogP contribution in [0.3, 0.4) is 0 Å². The topological polar surface area (TPSA) is 159 Å². The van der Waals surface area contributed by atoms with E-state index in [1.54, 1.807) is 0 Å². The fourth-order valence-electron chi connectivity index (χ4n) is 1.66. The monoisotopic (exact) mass is 368 g/mol. The van der Waals surface area contributed by atoms with E-state index < -0.39 is 19.7 Å². The molecule has 0 atom stereocenters. The molecule has 24 heavy (non-hydrogen) atoms. The normalized spacial score (nSPS) is 12.6. The molecule has 10 nitrogen and oxygen atoms in total. The molecule has 126 valence electrons. The number of sulfone groups is 2. The Morgan fingerprint density at radius 1 is 1.17 bits per heavy atom. The first-order valence-corrected chi connectivity index (χ1v) is 10.1. The molecular weight excluding hydrogens is 356 g/mol. The maximum Gasteiger partial charge on any atom is 0.216 e. The van der Waals surface area contributed by atoms with Crippen molar-refractivity contribution in [1.29, 1.82) is 5.26 Å². The van der Waals surface area contributed by atoms with Crippen molar-refractivity contribution in [1.82, 2.24) is 20.6 Å². The third kappa shape index (κ3) is 4.15. The van der Waals surface area contributed by atoms with Crippen molar-refractivity contribution in [2.45, 2.75) is 9.79 Å². The SMILES string of the molecule is CS(=O)(=O)c1cc(NC=C(C#N)c2nn[nH]n2)cc(S(C)(=O)=O)c1. The zero-order valence-electron chi connectivity index (χ0n) is 12.5. The molecule has 0 bridgehead atoms. The molecule has 12 heteroatoms. The van der Waals surface area contributed by atoms with Crippen LogP contribution in [0.4, 0.5) is 5.69 Å². The summed E-state index contributed by atoms with van der Waals surface area (Å²) in [5.41, 5.74) is 0.198. The van der Waals surface area contributed by atoms with Gasteiger partial charge in [-0.1, -0.05) is 0 Å². The molecule has 0 aliphatic rings. The van der Waals surface area contributed by atoms with Crippen LogP contribution in [-0.2, 0) is 19.7 Å². The van der Waals surface area contributed by atoms with Crippen LogP contribution < -0.4 is 5.32 Å². The van der Waals surface area contributed by atoms with Gasteiger partial charge in [-0.15, -0.1) is 10.2 Å². The number of benzene rings is 1. The molecule has 0 aliphatic heterocycles. The largest absolute Gasteiger partial charge is 0.360 e. The van der Waals surface area contributed by atoms with Crippen LogP contribution in [-0.4, -0.2) is 50.0 Å². The summed E-state index contributed by atoms with van der Waals surface area (Å²) in [6, 6.07) is 5.43. The number of anilines is 1. The van der Waals surface area contributed by atoms with Gasteiger partial charge in [-0.2, -0.15) is 10.5 Å². The highest BCUT2D eigenvalue weighted by atomic mass is 32.2. The predicted octanol–water partition coefficient (Wildman–Crippen LogP) is -0.0167. The number of rotatable bonds is 5. The van der Waals surface area contributed by atoms with Gasteiger partial charge in [0.2, 0.25) is 5.82 Å². The summed E-state index contributed by atoms with van der Waals surface area (Å²) in [6.45, 7) is 0. The number of aromatic amines is 1. The molecule has 2 aromatic rings. The number of allylic oxidation sites excluding steroid dienone is 1. The van der Waals surface area contributed by atoms with Crippen LogP contribution >= 0.6 is 0 Å². The second-order valence-electron chi connectivity index (χ2n) is 4.79. The van der Waals surface area contributed by atoms with Gasteiger partial charge in [0.25, 0.3) is 0 Å². The van der Waals surface area contributed by atoms with Crippen molar-refractivity contribution in [2.75, 3.05) is 17.8 Å². The Kier molecular flexibility index (Phi) is 4.67. The van der Waals surface area contributed by atoms with E-state index >= 15 is 0 Å². The summed E-state index contributed by atoms with van der Waals surface area (Å²) in [5, 5.41) is 24.5. The summed E-state index contributed by atoms with van der Waals surface area (Å²) in [4.78, 5) is -0.334. The standard InChI is InChI=1S/C12H12N6O4S2/c1-23(19,20)10-3-9(4-11(5-10)24(2,21)22)14-7-8(6-13)12-15-17-18-16-12/h3-5,7,14H,1-2H3,(H,15,16,17,18). The van der Waals surface area contributed by atoms with Gasteiger partial charge in [0.1, 0.15) is 11.6 Å². The smallest absolute Gasteiger partial charge is 0.216 e. The third-order valence-electron chi connectivity index (χ3n) is 2.83. The fourth-order valence-corrected chi connectivity index (χ4v) is 3.10. The highest BCUT2D eigenvalue weighted by Crippen LogP contribution is 2.23. The average Bonchev–Trinajstić information content (AvgIpc) is 3.00. The number of H-pyrrole nitrogens is 1. The number of nitrogens with zero attached hydrogens (tertiary/aromatic N) is 4. The van der Waals surface area contributed by atoms with Gasteiger partial charge in [0.15, 0.2) is 19.7 Å². The number of tetrazole rings is 1. The van der Waals surface area contributed by atoms with E-state index in [1.807, 2.05) is 6.07 Å². The molecule has 1 aromatic heterocycles. The molecule has 0 fully saturated rings. The number of hydrogen-bond acceptors (Lipinski definition) is 9. The summed E-state index contributed by atoms with van der Waals surface area (Å²) in [5.74, 6) is 0.0348. The van der Waals surface area contributed by atoms with E-state index in [-0.39, 0.29) is 26.9 Å². The Morgan fingerprint density at radius 2 is 1.75 bits per heavy atom. The lowest BCUT2D eigenvalue weighted by Crippen LogP contribution is -2.04. The van der Waals surface area contributed by atoms with Crippen molar-refractivity contribution < 1.29 is 16.8 Å². The first kappa shape index (κ1) is 17.6. The molecule has 0 saturated carbocycles. The van der Waals surface area contributed by atoms with Crippen LogP contribution in [0.2, 0.25) is 0 Å². The lowest BCUT2D eigenvalue weighted by atomic mass is 10.3. The van der Waals surface area contributed by atoms with Gasteiger partial charge < -0.3 is 5.32 Å². The first-order valence-electron chi connectivity index (χ1n) is 6.27. The molecule has 2 rings (SSSR count). The van der Waals surface area contributed by atoms with E-state index in [2.05, 4.69) is 25.9 Å². The van der Waals surface area contributed by atoms with E-state index in [4.69, 9.17) is 5.26 Å². The predicted molar refractivity (Wildman–Crippen MR) is 84.1 cm³/mol. The molecule has 2 N–H and O–H groups in total. The van der Waals surface area contributed by atoms with Crippen molar-refractivity contribution in [2.24, 2.45) is 0 Å². The molecule has 1 heterocycles. The molecule has 0 amide bonds. The zero-order chi connectivity index (χ0) is 18.0. The third-order valence-corrected chi connectivity index (χ3v) is 5.01. The van der Waals surface area contributed by atoms with Crippen molar-refractivity contribution in [3.05, 3.63) is 30.2 Å². The van der Waals surface area contributed by atoms with Crippen LogP contribution in [0, 0.1) is 11.3 Å². The number of nitrogens with one attached hydrogen (secondary N) is 2. The van der Waals surface area contributed by atoms with Gasteiger partial charge in [0.05, 0.1) is 9.79 Å². The molecule has 0 spiro atoms. The van der Waals surface area contributed by atoms with Crippen LogP contribution in [0.25, 0.3) is 5.57 Å². The Balaban J connectivity index is 2.49. The Hall–Kier alpha value is -2.78. The van der Waals surface area contributed by atoms with E-state index in [0.29, 0.717) is 0 Å². The van der Waals surface area contributed by atoms with Crippen LogP contribution in [0.15, 0.2) is 34.2 Å². The van der Waals surface area contributed by atoms with Crippen LogP contribution in [0.1, 0.15) is 5.82 Å². The second kappa shape index (κ2) is 6.38. The van der Waals surface area contributed by atoms with E-state index in [9.17, 15) is 16.8 Å². The lowest BCUT2D eigenvalue weighted by Gasteiger charge is -2.08. The minimum absolute atomic E-state index is 0.0226. The molecule has 0 radical (unpaired) electrons. The molecule has 1 aromatic carbocycles. The highest BCUT2D eigenvalue weighted by molar-refractivity contribution is 7.91. The van der Waals surface area contributed by atoms with E-state index in [1.165, 1.54) is 18.3 Å². The minimum Gasteiger partial charge on any atom is -0.360 e. The Bertz CT molecular complexity index is 983. The minimum atomic E-state index is -3.63. The maximum atomic E-state index is 11.7. The summed E-state index contributed by atoms with van der Waals surface area (Å²) < 4.78 is 46.9. The van der Waals surface area contributed by atoms with Gasteiger partial charge in [0, 0.05) is 24.4 Å². The number of nitriles is 1. The molecular formula is C12H12N6O4S2. The summed E-state index contributed by atoms with van der Waals surface area (Å²) >= 11 is 0. The van der Waals surface area contributed by atoms with Crippen molar-refractivity contribution >= 4 is 30.9 Å². The fraction of sp³-hybridized carbons (Fsp3) is 0.167. The number of hydrogen-bond donors (Lipinski definition) is 2. The van der Waals surface area contributed by atoms with Crippen molar-refractivity contribution in [3.63, 3.8) is 0 Å². The number of aromatic nitrogens is 4. The lowest BCUT2D eigenvalue weighted by molar-refractivity contribution is 0.600. The summed E-state index contributed by atoms with van der Waals surface area (Å²) in [6.07, 6.45) is 3.15. The van der Waals surface area contributed by atoms with Gasteiger partial charge in [-0.25, -0.2) is 16.8 Å². The Labute approximate surface area is 138 Å². The summed E-state index contributed by atoms with van der Waals surface area (Å²) in [7, 11) is -7.25. The Morgan fingerprint density at radius 3 is 2.17 bits per heavy atom. The maximum absolute atomic E-state index is 11.7. The first-order chi connectivity index (χ1) is 11.1. The highest BCUT2D eigenvalue weighted by Gasteiger charge is 2.15. The molecule has 0 unspecified atom stereocenters. The van der Waals surface area contributed by atoms with Gasteiger partial charge in [-0.3, -0.25) is 0 Å². The zero-order valence-corrected chi connectivity index (χ0v) is 14.2.